The van der Waals surface area contributed by atoms with Crippen molar-refractivity contribution in [3.05, 3.63) is 48.5 Å². The van der Waals surface area contributed by atoms with Gasteiger partial charge in [0.2, 0.25) is 11.8 Å². The lowest BCUT2D eigenvalue weighted by molar-refractivity contribution is -0.121. The van der Waals surface area contributed by atoms with Gasteiger partial charge in [0.1, 0.15) is 11.1 Å². The highest BCUT2D eigenvalue weighted by Crippen LogP contribution is 2.32. The van der Waals surface area contributed by atoms with Crippen molar-refractivity contribution in [3.8, 4) is 0 Å². The molecule has 0 saturated carbocycles. The Hall–Kier alpha value is -2.28. The lowest BCUT2D eigenvalue weighted by Gasteiger charge is -2.14. The summed E-state index contributed by atoms with van der Waals surface area (Å²) in [6, 6.07) is 6.94. The summed E-state index contributed by atoms with van der Waals surface area (Å²) in [5, 5.41) is -0.102. The number of benzene rings is 1. The van der Waals surface area contributed by atoms with E-state index in [9.17, 15) is 14.0 Å². The molecular weight excluding hydrogens is 293 g/mol. The van der Waals surface area contributed by atoms with E-state index in [0.717, 1.165) is 16.7 Å². The van der Waals surface area contributed by atoms with Gasteiger partial charge in [-0.3, -0.25) is 9.59 Å². The summed E-state index contributed by atoms with van der Waals surface area (Å²) in [5.41, 5.74) is 0.378. The average Bonchev–Trinajstić information content (AvgIpc) is 2.76. The summed E-state index contributed by atoms with van der Waals surface area (Å²) < 4.78 is 12.9. The van der Waals surface area contributed by atoms with E-state index >= 15 is 0 Å². The normalized spacial score (nSPS) is 18.3. The second-order valence-corrected chi connectivity index (χ2v) is 5.56. The fraction of sp³-hybridized carbons (Fsp3) is 0.143. The molecule has 5 nitrogen and oxygen atoms in total. The molecule has 1 atom stereocenters. The molecule has 1 saturated heterocycles. The summed E-state index contributed by atoms with van der Waals surface area (Å²) in [4.78, 5) is 33.5. The van der Waals surface area contributed by atoms with Gasteiger partial charge in [-0.15, -0.1) is 0 Å². The fourth-order valence-corrected chi connectivity index (χ4v) is 2.96. The van der Waals surface area contributed by atoms with E-state index < -0.39 is 11.1 Å². The Morgan fingerprint density at radius 3 is 2.48 bits per heavy atom. The minimum absolute atomic E-state index is 0.0825. The Kier molecular flexibility index (Phi) is 3.66. The number of carbonyl (C=O) groups excluding carboxylic acids is 2. The largest absolute Gasteiger partial charge is 0.274 e. The smallest absolute Gasteiger partial charge is 0.247 e. The van der Waals surface area contributed by atoms with Crippen molar-refractivity contribution in [1.29, 1.82) is 0 Å². The minimum Gasteiger partial charge on any atom is -0.274 e. The first kappa shape index (κ1) is 13.7. The highest BCUT2D eigenvalue weighted by molar-refractivity contribution is 8.00. The third kappa shape index (κ3) is 2.78. The van der Waals surface area contributed by atoms with Crippen molar-refractivity contribution in [2.75, 3.05) is 4.90 Å². The highest BCUT2D eigenvalue weighted by atomic mass is 32.2. The molecule has 0 radical (unpaired) electrons. The second kappa shape index (κ2) is 5.61. The Bertz CT molecular complexity index is 678. The maximum Gasteiger partial charge on any atom is 0.247 e. The molecule has 2 amide bonds. The fourth-order valence-electron chi connectivity index (χ4n) is 2.03. The molecule has 0 bridgehead atoms. The Labute approximate surface area is 124 Å². The van der Waals surface area contributed by atoms with Gasteiger partial charge >= 0.3 is 0 Å². The third-order valence-electron chi connectivity index (χ3n) is 2.98. The number of rotatable bonds is 3. The monoisotopic (exact) mass is 303 g/mol. The van der Waals surface area contributed by atoms with Crippen LogP contribution in [0.3, 0.4) is 0 Å². The van der Waals surface area contributed by atoms with E-state index in [2.05, 4.69) is 9.97 Å². The predicted molar refractivity (Wildman–Crippen MR) is 75.2 cm³/mol. The van der Waals surface area contributed by atoms with Crippen molar-refractivity contribution in [3.63, 3.8) is 0 Å². The topological polar surface area (TPSA) is 63.2 Å². The van der Waals surface area contributed by atoms with Gasteiger partial charge < -0.3 is 0 Å². The maximum absolute atomic E-state index is 12.9. The van der Waals surface area contributed by atoms with Crippen LogP contribution in [0.1, 0.15) is 6.42 Å². The standard InChI is InChI=1S/C14H10FN3O2S/c15-9-2-4-10(5-3-9)18-12(19)8-11(13(18)20)21-14-16-6-1-7-17-14/h1-7,11H,8H2. The number of anilines is 1. The second-order valence-electron chi connectivity index (χ2n) is 4.39. The number of aromatic nitrogens is 2. The Morgan fingerprint density at radius 2 is 1.81 bits per heavy atom. The first-order valence-corrected chi connectivity index (χ1v) is 7.09. The number of thioether (sulfide) groups is 1. The van der Waals surface area contributed by atoms with Crippen LogP contribution in [0.4, 0.5) is 10.1 Å². The van der Waals surface area contributed by atoms with Gasteiger partial charge in [0, 0.05) is 18.8 Å². The molecule has 1 unspecified atom stereocenters. The third-order valence-corrected chi connectivity index (χ3v) is 4.05. The van der Waals surface area contributed by atoms with Crippen LogP contribution in [-0.2, 0) is 9.59 Å². The van der Waals surface area contributed by atoms with Gasteiger partial charge in [0.25, 0.3) is 0 Å². The van der Waals surface area contributed by atoms with Crippen LogP contribution in [0.15, 0.2) is 47.9 Å². The van der Waals surface area contributed by atoms with Crippen LogP contribution in [0, 0.1) is 5.82 Å². The molecule has 7 heteroatoms. The molecule has 1 aromatic heterocycles. The van der Waals surface area contributed by atoms with Crippen molar-refractivity contribution >= 4 is 29.3 Å². The zero-order valence-corrected chi connectivity index (χ0v) is 11.6. The molecular formula is C14H10FN3O2S. The molecule has 1 aliphatic rings. The molecule has 21 heavy (non-hydrogen) atoms. The van der Waals surface area contributed by atoms with E-state index in [1.54, 1.807) is 18.5 Å². The van der Waals surface area contributed by atoms with Crippen LogP contribution >= 0.6 is 11.8 Å². The van der Waals surface area contributed by atoms with E-state index in [0.29, 0.717) is 10.8 Å². The molecule has 1 fully saturated rings. The van der Waals surface area contributed by atoms with Crippen molar-refractivity contribution in [2.45, 2.75) is 16.8 Å². The van der Waals surface area contributed by atoms with Gasteiger partial charge in [0.15, 0.2) is 5.16 Å². The number of amides is 2. The van der Waals surface area contributed by atoms with Crippen LogP contribution < -0.4 is 4.90 Å². The van der Waals surface area contributed by atoms with Crippen molar-refractivity contribution in [2.24, 2.45) is 0 Å². The minimum atomic E-state index is -0.551. The van der Waals surface area contributed by atoms with E-state index in [1.807, 2.05) is 0 Å². The average molecular weight is 303 g/mol. The van der Waals surface area contributed by atoms with Gasteiger partial charge in [-0.25, -0.2) is 19.3 Å². The Balaban J connectivity index is 1.80. The van der Waals surface area contributed by atoms with Crippen LogP contribution in [0.2, 0.25) is 0 Å². The van der Waals surface area contributed by atoms with Gasteiger partial charge in [0.05, 0.1) is 5.69 Å². The number of hydrogen-bond donors (Lipinski definition) is 0. The molecule has 2 aromatic rings. The molecule has 0 spiro atoms. The summed E-state index contributed by atoms with van der Waals surface area (Å²) in [6.45, 7) is 0. The lowest BCUT2D eigenvalue weighted by Crippen LogP contribution is -2.31. The first-order chi connectivity index (χ1) is 10.1. The molecule has 2 heterocycles. The van der Waals surface area contributed by atoms with E-state index in [4.69, 9.17) is 0 Å². The summed E-state index contributed by atoms with van der Waals surface area (Å²) in [6.07, 6.45) is 3.24. The van der Waals surface area contributed by atoms with Crippen LogP contribution in [0.25, 0.3) is 0 Å². The first-order valence-electron chi connectivity index (χ1n) is 6.21. The summed E-state index contributed by atoms with van der Waals surface area (Å²) in [7, 11) is 0. The van der Waals surface area contributed by atoms with Crippen LogP contribution in [0.5, 0.6) is 0 Å². The molecule has 1 aliphatic heterocycles. The Morgan fingerprint density at radius 1 is 1.14 bits per heavy atom. The van der Waals surface area contributed by atoms with Crippen molar-refractivity contribution < 1.29 is 14.0 Å². The molecule has 1 aromatic carbocycles. The molecule has 106 valence electrons. The number of nitrogens with zero attached hydrogens (tertiary/aromatic N) is 3. The van der Waals surface area contributed by atoms with E-state index in [1.165, 1.54) is 24.3 Å². The quantitative estimate of drug-likeness (QED) is 0.641. The molecule has 0 N–H and O–H groups in total. The highest BCUT2D eigenvalue weighted by Gasteiger charge is 2.40. The van der Waals surface area contributed by atoms with E-state index in [-0.39, 0.29) is 18.2 Å². The summed E-state index contributed by atoms with van der Waals surface area (Å²) >= 11 is 1.16. The SMILES string of the molecule is O=C1CC(Sc2ncccn2)C(=O)N1c1ccc(F)cc1. The van der Waals surface area contributed by atoms with Crippen LogP contribution in [-0.4, -0.2) is 27.0 Å². The maximum atomic E-state index is 12.9. The zero-order chi connectivity index (χ0) is 14.8. The number of carbonyl (C=O) groups is 2. The predicted octanol–water partition coefficient (Wildman–Crippen LogP) is 2.04. The number of halogens is 1. The van der Waals surface area contributed by atoms with Gasteiger partial charge in [-0.1, -0.05) is 11.8 Å². The van der Waals surface area contributed by atoms with Gasteiger partial charge in [-0.05, 0) is 30.3 Å². The number of hydrogen-bond acceptors (Lipinski definition) is 5. The zero-order valence-electron chi connectivity index (χ0n) is 10.8. The molecule has 0 aliphatic carbocycles. The summed E-state index contributed by atoms with van der Waals surface area (Å²) in [5.74, 6) is -1.05. The van der Waals surface area contributed by atoms with Gasteiger partial charge in [-0.2, -0.15) is 0 Å². The molecule has 3 rings (SSSR count). The lowest BCUT2D eigenvalue weighted by atomic mass is 10.3. The van der Waals surface area contributed by atoms with Crippen molar-refractivity contribution in [1.82, 2.24) is 9.97 Å². The number of imide groups is 1.